The van der Waals surface area contributed by atoms with Crippen LogP contribution in [0.3, 0.4) is 0 Å². The lowest BCUT2D eigenvalue weighted by atomic mass is 9.97. The summed E-state index contributed by atoms with van der Waals surface area (Å²) in [5.74, 6) is -0.679. The fraction of sp³-hybridized carbons (Fsp3) is 0.147. The molecule has 0 spiro atoms. The monoisotopic (exact) mass is 538 g/mol. The van der Waals surface area contributed by atoms with E-state index in [1.165, 1.54) is 18.2 Å². The minimum atomic E-state index is -0.381. The van der Waals surface area contributed by atoms with Gasteiger partial charge >= 0.3 is 0 Å². The van der Waals surface area contributed by atoms with Gasteiger partial charge in [0.2, 0.25) is 0 Å². The average Bonchev–Trinajstić information content (AvgIpc) is 3.36. The standard InChI is InChI=1S/C34H36F2N4/c1-9-13-29(26-14-16-27(35)17-15-26)22(6)23(7)38-24(8)34-31-19-30(32(36)20-33(31)39-40-34)25(11-3)18-28(12-4)37-21(5)10-2/h9,11-20,37-38H,1,4-5,8,10H2,2-3,6-7H3,(H,39,40)/b23-22+,25-11+,28-18+,29-13+. The Hall–Kier alpha value is -4.71. The number of nitrogens with zero attached hydrogens (tertiary/aromatic N) is 1. The number of aromatic amines is 1. The Labute approximate surface area is 235 Å². The summed E-state index contributed by atoms with van der Waals surface area (Å²) < 4.78 is 28.7. The van der Waals surface area contributed by atoms with Gasteiger partial charge in [-0.3, -0.25) is 5.10 Å². The van der Waals surface area contributed by atoms with Crippen LogP contribution in [0.1, 0.15) is 50.9 Å². The molecule has 40 heavy (non-hydrogen) atoms. The Morgan fingerprint density at radius 2 is 1.75 bits per heavy atom. The fourth-order valence-electron chi connectivity index (χ4n) is 4.18. The number of aromatic nitrogens is 2. The Morgan fingerprint density at radius 3 is 2.35 bits per heavy atom. The maximum Gasteiger partial charge on any atom is 0.133 e. The van der Waals surface area contributed by atoms with Gasteiger partial charge in [-0.2, -0.15) is 5.10 Å². The van der Waals surface area contributed by atoms with Gasteiger partial charge in [0.15, 0.2) is 0 Å². The largest absolute Gasteiger partial charge is 0.359 e. The van der Waals surface area contributed by atoms with Crippen LogP contribution in [0.4, 0.5) is 8.78 Å². The van der Waals surface area contributed by atoms with Crippen LogP contribution in [0.15, 0.2) is 116 Å². The van der Waals surface area contributed by atoms with E-state index < -0.39 is 0 Å². The van der Waals surface area contributed by atoms with Crippen molar-refractivity contribution in [1.29, 1.82) is 0 Å². The second-order valence-corrected chi connectivity index (χ2v) is 9.26. The van der Waals surface area contributed by atoms with Crippen LogP contribution in [-0.4, -0.2) is 10.2 Å². The summed E-state index contributed by atoms with van der Waals surface area (Å²) >= 11 is 0. The molecule has 4 nitrogen and oxygen atoms in total. The number of H-pyrrole nitrogens is 1. The number of halogens is 2. The minimum absolute atomic E-state index is 0.298. The molecule has 0 atom stereocenters. The van der Waals surface area contributed by atoms with Crippen molar-refractivity contribution < 1.29 is 8.78 Å². The van der Waals surface area contributed by atoms with Crippen molar-refractivity contribution in [2.24, 2.45) is 0 Å². The molecule has 0 aliphatic carbocycles. The predicted octanol–water partition coefficient (Wildman–Crippen LogP) is 8.95. The van der Waals surface area contributed by atoms with Crippen LogP contribution in [0, 0.1) is 11.6 Å². The van der Waals surface area contributed by atoms with Crippen molar-refractivity contribution >= 4 is 27.7 Å². The quantitative estimate of drug-likeness (QED) is 0.202. The highest BCUT2D eigenvalue weighted by molar-refractivity contribution is 5.93. The molecular weight excluding hydrogens is 502 g/mol. The first-order valence-electron chi connectivity index (χ1n) is 13.0. The number of rotatable bonds is 12. The molecule has 0 aliphatic rings. The van der Waals surface area contributed by atoms with Crippen LogP contribution in [-0.2, 0) is 0 Å². The lowest BCUT2D eigenvalue weighted by Gasteiger charge is -2.15. The second kappa shape index (κ2) is 13.4. The topological polar surface area (TPSA) is 52.7 Å². The summed E-state index contributed by atoms with van der Waals surface area (Å²) in [5, 5.41) is 14.6. The van der Waals surface area contributed by atoms with E-state index in [1.54, 1.807) is 30.4 Å². The van der Waals surface area contributed by atoms with Gasteiger partial charge < -0.3 is 10.6 Å². The Bertz CT molecular complexity index is 1580. The molecule has 0 saturated carbocycles. The lowest BCUT2D eigenvalue weighted by molar-refractivity contribution is 0.626. The zero-order valence-electron chi connectivity index (χ0n) is 23.6. The van der Waals surface area contributed by atoms with Crippen molar-refractivity contribution in [3.05, 3.63) is 144 Å². The molecule has 2 aromatic carbocycles. The maximum absolute atomic E-state index is 15.2. The minimum Gasteiger partial charge on any atom is -0.359 e. The van der Waals surface area contributed by atoms with Crippen LogP contribution in [0.25, 0.3) is 27.7 Å². The molecule has 0 amide bonds. The van der Waals surface area contributed by atoms with Crippen molar-refractivity contribution in [3.63, 3.8) is 0 Å². The van der Waals surface area contributed by atoms with E-state index in [2.05, 4.69) is 47.1 Å². The summed E-state index contributed by atoms with van der Waals surface area (Å²) in [6.07, 6.45) is 9.69. The van der Waals surface area contributed by atoms with E-state index in [9.17, 15) is 4.39 Å². The summed E-state index contributed by atoms with van der Waals surface area (Å²) in [6, 6.07) is 9.51. The summed E-state index contributed by atoms with van der Waals surface area (Å²) in [7, 11) is 0. The SMILES string of the molecule is C=C/C=C(\C(C)=C(/C)NC(=C)c1n[nH]c2cc(F)c(C(/C=C(\C=C)NC(=C)CC)=C/C)cc12)c1ccc(F)cc1. The third-order valence-corrected chi connectivity index (χ3v) is 6.58. The van der Waals surface area contributed by atoms with Crippen molar-refractivity contribution in [1.82, 2.24) is 20.8 Å². The van der Waals surface area contributed by atoms with E-state index in [4.69, 9.17) is 0 Å². The van der Waals surface area contributed by atoms with Gasteiger partial charge in [0.05, 0.1) is 11.2 Å². The third kappa shape index (κ3) is 6.83. The third-order valence-electron chi connectivity index (χ3n) is 6.58. The first kappa shape index (κ1) is 29.8. The molecule has 0 radical (unpaired) electrons. The second-order valence-electron chi connectivity index (χ2n) is 9.26. The molecule has 3 rings (SSSR count). The Balaban J connectivity index is 1.99. The predicted molar refractivity (Wildman–Crippen MR) is 166 cm³/mol. The van der Waals surface area contributed by atoms with Crippen LogP contribution in [0.5, 0.6) is 0 Å². The number of hydrogen-bond donors (Lipinski definition) is 3. The zero-order chi connectivity index (χ0) is 29.4. The van der Waals surface area contributed by atoms with Gasteiger partial charge in [0.25, 0.3) is 0 Å². The average molecular weight is 539 g/mol. The molecule has 206 valence electrons. The number of allylic oxidation sites excluding steroid dienone is 10. The highest BCUT2D eigenvalue weighted by Gasteiger charge is 2.16. The van der Waals surface area contributed by atoms with Gasteiger partial charge in [-0.15, -0.1) is 0 Å². The first-order chi connectivity index (χ1) is 19.1. The van der Waals surface area contributed by atoms with E-state index >= 15 is 4.39 Å². The van der Waals surface area contributed by atoms with Gasteiger partial charge in [-0.1, -0.05) is 63.6 Å². The normalized spacial score (nSPS) is 13.1. The smallest absolute Gasteiger partial charge is 0.133 e. The van der Waals surface area contributed by atoms with Gasteiger partial charge in [0, 0.05) is 34.1 Å². The molecule has 0 bridgehead atoms. The van der Waals surface area contributed by atoms with Crippen LogP contribution < -0.4 is 10.6 Å². The molecule has 0 aliphatic heterocycles. The molecule has 1 aromatic heterocycles. The van der Waals surface area contributed by atoms with Crippen LogP contribution >= 0.6 is 0 Å². The molecule has 1 heterocycles. The van der Waals surface area contributed by atoms with E-state index in [-0.39, 0.29) is 11.6 Å². The summed E-state index contributed by atoms with van der Waals surface area (Å²) in [4.78, 5) is 0. The number of fused-ring (bicyclic) bond motifs is 1. The molecule has 3 aromatic rings. The highest BCUT2D eigenvalue weighted by atomic mass is 19.1. The van der Waals surface area contributed by atoms with Crippen molar-refractivity contribution in [2.75, 3.05) is 0 Å². The summed E-state index contributed by atoms with van der Waals surface area (Å²) in [6.45, 7) is 23.6. The van der Waals surface area contributed by atoms with Crippen LogP contribution in [0.2, 0.25) is 0 Å². The molecule has 0 fully saturated rings. The van der Waals surface area contributed by atoms with Gasteiger partial charge in [0.1, 0.15) is 17.3 Å². The van der Waals surface area contributed by atoms with E-state index in [0.29, 0.717) is 28.0 Å². The molecule has 0 saturated heterocycles. The van der Waals surface area contributed by atoms with Crippen molar-refractivity contribution in [2.45, 2.75) is 34.1 Å². The van der Waals surface area contributed by atoms with Crippen molar-refractivity contribution in [3.8, 4) is 0 Å². The maximum atomic E-state index is 15.2. The number of hydrogen-bond acceptors (Lipinski definition) is 3. The molecular formula is C34H36F2N4. The zero-order valence-corrected chi connectivity index (χ0v) is 23.6. The Morgan fingerprint density at radius 1 is 1.05 bits per heavy atom. The highest BCUT2D eigenvalue weighted by Crippen LogP contribution is 2.30. The first-order valence-corrected chi connectivity index (χ1v) is 13.0. The van der Waals surface area contributed by atoms with Gasteiger partial charge in [-0.05, 0) is 79.8 Å². The van der Waals surface area contributed by atoms with Gasteiger partial charge in [-0.25, -0.2) is 8.78 Å². The fourth-order valence-corrected chi connectivity index (χ4v) is 4.18. The molecule has 0 unspecified atom stereocenters. The number of benzene rings is 2. The Kier molecular flexibility index (Phi) is 9.98. The van der Waals surface area contributed by atoms with E-state index in [0.717, 1.165) is 45.6 Å². The van der Waals surface area contributed by atoms with E-state index in [1.807, 2.05) is 45.9 Å². The molecule has 3 N–H and O–H groups in total. The number of nitrogens with one attached hydrogen (secondary N) is 3. The molecule has 6 heteroatoms. The summed E-state index contributed by atoms with van der Waals surface area (Å²) in [5.41, 5.74) is 7.84. The lowest BCUT2D eigenvalue weighted by Crippen LogP contribution is -2.11.